The monoisotopic (exact) mass is 987 g/mol. The number of ether oxygens (including phenoxy) is 1. The predicted octanol–water partition coefficient (Wildman–Crippen LogP) is 18.9. The maximum Gasteiger partial charge on any atom is 0.137 e. The van der Waals surface area contributed by atoms with Crippen molar-refractivity contribution in [3.05, 3.63) is 191 Å². The molecule has 1 aliphatic carbocycles. The molecule has 5 heteroatoms. The number of hydrogen-bond acceptors (Lipinski definition) is 4. The maximum atomic E-state index is 9.29. The van der Waals surface area contributed by atoms with Gasteiger partial charge in [0.05, 0.1) is 33.6 Å². The number of para-hydroxylation sites is 3. The highest BCUT2D eigenvalue weighted by Gasteiger charge is 2.35. The number of aromatic nitrogens is 2. The first-order valence-electron chi connectivity index (χ1n) is 31.7. The van der Waals surface area contributed by atoms with Crippen molar-refractivity contribution in [3.8, 4) is 39.6 Å². The van der Waals surface area contributed by atoms with Gasteiger partial charge in [0, 0.05) is 56.9 Å². The molecule has 0 N–H and O–H groups in total. The molecule has 0 unspecified atom stereocenters. The van der Waals surface area contributed by atoms with Crippen molar-refractivity contribution in [2.75, 3.05) is 16.5 Å². The Labute approximate surface area is 457 Å². The van der Waals surface area contributed by atoms with Gasteiger partial charge in [-0.1, -0.05) is 168 Å². The van der Waals surface area contributed by atoms with Crippen LogP contribution in [0.5, 0.6) is 11.5 Å². The van der Waals surface area contributed by atoms with E-state index < -0.39 is 30.9 Å². The third-order valence-corrected chi connectivity index (χ3v) is 14.7. The van der Waals surface area contributed by atoms with Crippen LogP contribution in [0.4, 0.5) is 22.7 Å². The van der Waals surface area contributed by atoms with E-state index in [1.54, 1.807) is 16.8 Å². The molecular formula is C69H74N4O. The Balaban J connectivity index is 1.11. The number of pyridine rings is 1. The molecular weight excluding hydrogens is 901 g/mol. The number of anilines is 4. The highest BCUT2D eigenvalue weighted by Crippen LogP contribution is 2.54. The SMILES string of the molecule is [2H]c1c([2H])c([2H])c2c(c1[2H])c1ccc(Oc3cc(N4CN(c5c(-c6ccc7c(c6)C([2H])([2H])C([2H])([2H])C([2H])([2H])C7([2H])[2H])ccc(C(C)(C)C)c5-c5cc(C(C)(C)C)cc(C(C)(C)C)c5)c5ccccc54)ccc3C)cc1n2-c1cc(C(C)(C)C)ccn1. The van der Waals surface area contributed by atoms with Crippen LogP contribution in [0, 0.1) is 6.92 Å². The van der Waals surface area contributed by atoms with E-state index in [1.165, 1.54) is 12.1 Å². The second-order valence-corrected chi connectivity index (χ2v) is 24.1. The van der Waals surface area contributed by atoms with E-state index in [1.807, 2.05) is 67.6 Å². The van der Waals surface area contributed by atoms with Gasteiger partial charge in [-0.25, -0.2) is 4.98 Å². The van der Waals surface area contributed by atoms with Crippen molar-refractivity contribution in [2.24, 2.45) is 0 Å². The van der Waals surface area contributed by atoms with E-state index in [9.17, 15) is 4.11 Å². The number of aryl methyl sites for hydroxylation is 3. The van der Waals surface area contributed by atoms with Crippen LogP contribution in [0.2, 0.25) is 0 Å². The van der Waals surface area contributed by atoms with E-state index in [0.29, 0.717) is 50.2 Å². The summed E-state index contributed by atoms with van der Waals surface area (Å²) >= 11 is 0. The Morgan fingerprint density at radius 3 is 1.96 bits per heavy atom. The summed E-state index contributed by atoms with van der Waals surface area (Å²) < 4.78 is 116. The van der Waals surface area contributed by atoms with Crippen molar-refractivity contribution in [3.63, 3.8) is 0 Å². The normalized spacial score (nSPS) is 19.3. The number of rotatable bonds is 7. The second kappa shape index (κ2) is 18.1. The van der Waals surface area contributed by atoms with Gasteiger partial charge >= 0.3 is 0 Å². The Morgan fingerprint density at radius 2 is 1.26 bits per heavy atom. The molecule has 2 aromatic heterocycles. The van der Waals surface area contributed by atoms with E-state index in [-0.39, 0.29) is 58.2 Å². The van der Waals surface area contributed by atoms with Crippen molar-refractivity contribution in [1.82, 2.24) is 9.55 Å². The number of benzene rings is 7. The van der Waals surface area contributed by atoms with E-state index >= 15 is 0 Å². The van der Waals surface area contributed by atoms with Crippen LogP contribution in [0.3, 0.4) is 0 Å². The molecule has 0 bridgehead atoms. The van der Waals surface area contributed by atoms with Crippen LogP contribution >= 0.6 is 0 Å². The fourth-order valence-electron chi connectivity index (χ4n) is 10.4. The van der Waals surface area contributed by atoms with Crippen LogP contribution in [0.25, 0.3) is 49.9 Å². The average molecular weight is 987 g/mol. The highest BCUT2D eigenvalue weighted by atomic mass is 16.5. The minimum Gasteiger partial charge on any atom is -0.457 e. The number of hydrogen-bond donors (Lipinski definition) is 0. The van der Waals surface area contributed by atoms with Gasteiger partial charge in [-0.2, -0.15) is 0 Å². The summed E-state index contributed by atoms with van der Waals surface area (Å²) in [5.41, 5.74) is 10.9. The molecule has 0 saturated carbocycles. The number of nitrogens with zero attached hydrogens (tertiary/aromatic N) is 4. The van der Waals surface area contributed by atoms with Crippen LogP contribution in [0.1, 0.15) is 151 Å². The molecule has 0 atom stereocenters. The zero-order chi connectivity index (χ0) is 62.7. The van der Waals surface area contributed by atoms with E-state index in [4.69, 9.17) is 22.1 Å². The summed E-state index contributed by atoms with van der Waals surface area (Å²) in [5, 5.41) is 1.00. The van der Waals surface area contributed by atoms with Crippen molar-refractivity contribution >= 4 is 44.6 Å². The molecule has 74 heavy (non-hydrogen) atoms. The van der Waals surface area contributed by atoms with Gasteiger partial charge in [-0.15, -0.1) is 0 Å². The first-order chi connectivity index (χ1) is 39.8. The Morgan fingerprint density at radius 1 is 0.568 bits per heavy atom. The lowest BCUT2D eigenvalue weighted by atomic mass is 9.75. The topological polar surface area (TPSA) is 33.5 Å². The molecule has 1 aliphatic heterocycles. The van der Waals surface area contributed by atoms with Crippen LogP contribution in [0.15, 0.2) is 152 Å². The summed E-state index contributed by atoms with van der Waals surface area (Å²) in [6.07, 6.45) is -10.5. The van der Waals surface area contributed by atoms with Gasteiger partial charge in [0.2, 0.25) is 0 Å². The third-order valence-electron chi connectivity index (χ3n) is 14.7. The zero-order valence-corrected chi connectivity index (χ0v) is 45.0. The number of fused-ring (bicyclic) bond motifs is 5. The summed E-state index contributed by atoms with van der Waals surface area (Å²) in [6.45, 7) is 28.4. The van der Waals surface area contributed by atoms with Crippen LogP contribution < -0.4 is 14.5 Å². The van der Waals surface area contributed by atoms with Crippen LogP contribution in [-0.2, 0) is 34.4 Å². The lowest BCUT2D eigenvalue weighted by molar-refractivity contribution is 0.479. The lowest BCUT2D eigenvalue weighted by Gasteiger charge is -2.34. The third kappa shape index (κ3) is 8.96. The lowest BCUT2D eigenvalue weighted by Crippen LogP contribution is -2.26. The predicted molar refractivity (Wildman–Crippen MR) is 314 cm³/mol. The van der Waals surface area contributed by atoms with Crippen molar-refractivity contribution in [1.29, 1.82) is 0 Å². The van der Waals surface area contributed by atoms with E-state index in [0.717, 1.165) is 61.7 Å². The quantitative estimate of drug-likeness (QED) is 0.159. The van der Waals surface area contributed by atoms with E-state index in [2.05, 4.69) is 135 Å². The molecule has 0 saturated heterocycles. The fraction of sp³-hybridized carbons (Fsp3) is 0.319. The molecule has 7 aromatic carbocycles. The molecule has 11 rings (SSSR count). The molecule has 5 nitrogen and oxygen atoms in total. The maximum absolute atomic E-state index is 9.29. The summed E-state index contributed by atoms with van der Waals surface area (Å²) in [6, 6.07) is 38.4. The smallest absolute Gasteiger partial charge is 0.137 e. The molecule has 9 aromatic rings. The minimum absolute atomic E-state index is 0.142. The molecule has 2 aliphatic rings. The Hall–Kier alpha value is -7.11. The van der Waals surface area contributed by atoms with Crippen LogP contribution in [-0.4, -0.2) is 16.2 Å². The molecule has 3 heterocycles. The molecule has 376 valence electrons. The largest absolute Gasteiger partial charge is 0.457 e. The first kappa shape index (κ1) is 36.8. The summed E-state index contributed by atoms with van der Waals surface area (Å²) in [5.74, 6) is 1.54. The average Bonchev–Trinajstić information content (AvgIpc) is 0.839. The first-order valence-corrected chi connectivity index (χ1v) is 25.7. The van der Waals surface area contributed by atoms with Gasteiger partial charge < -0.3 is 14.5 Å². The molecule has 0 spiro atoms. The van der Waals surface area contributed by atoms with Gasteiger partial charge in [0.25, 0.3) is 0 Å². The standard InChI is InChI=1S/C69H74N4O/c1-44-26-29-52(41-62(44)74-53-30-31-56-55-22-16-17-23-58(55)73(61(56)42-53)63-40-49(34-35-70-63)66(2,3)4)71-43-72(60-25-19-18-24-59(60)71)65-54(47-28-27-45-20-14-15-21-46(45)36-47)32-33-57(69(11,12)13)64(65)48-37-50(67(5,6)7)39-51(38-48)68(8,9)10/h16-19,22-42H,14-15,20-21,43H2,1-13H3/i14D2,15D2,16D,17D,20D2,21D2,22D,23D. The molecule has 0 radical (unpaired) electrons. The minimum atomic E-state index is -3.25. The summed E-state index contributed by atoms with van der Waals surface area (Å²) in [7, 11) is 0. The Kier molecular flexibility index (Phi) is 8.98. The molecule has 0 fully saturated rings. The van der Waals surface area contributed by atoms with Crippen molar-refractivity contribution < 1.29 is 21.2 Å². The summed E-state index contributed by atoms with van der Waals surface area (Å²) in [4.78, 5) is 9.28. The Bertz CT molecular complexity index is 4240. The zero-order valence-electron chi connectivity index (χ0n) is 57.0. The molecule has 0 amide bonds. The fourth-order valence-corrected chi connectivity index (χ4v) is 10.4. The highest BCUT2D eigenvalue weighted by molar-refractivity contribution is 6.09. The van der Waals surface area contributed by atoms with Gasteiger partial charge in [-0.05, 0) is 153 Å². The van der Waals surface area contributed by atoms with Gasteiger partial charge in [0.15, 0.2) is 0 Å². The van der Waals surface area contributed by atoms with Gasteiger partial charge in [-0.3, -0.25) is 4.57 Å². The second-order valence-electron chi connectivity index (χ2n) is 24.1. The van der Waals surface area contributed by atoms with Gasteiger partial charge in [0.1, 0.15) is 24.0 Å². The van der Waals surface area contributed by atoms with Crippen molar-refractivity contribution in [2.45, 2.75) is 137 Å².